The fraction of sp³-hybridized carbons (Fsp3) is 0.769. The van der Waals surface area contributed by atoms with Gasteiger partial charge < -0.3 is 10.2 Å². The summed E-state index contributed by atoms with van der Waals surface area (Å²) in [4.78, 5) is 13.2. The molecule has 1 aliphatic carbocycles. The molecule has 0 saturated heterocycles. The molecule has 0 unspecified atom stereocenters. The van der Waals surface area contributed by atoms with E-state index in [2.05, 4.69) is 41.9 Å². The molecule has 1 aliphatic rings. The largest absolute Gasteiger partial charge is 0.394 e. The van der Waals surface area contributed by atoms with Gasteiger partial charge in [0.2, 0.25) is 0 Å². The Kier molecular flexibility index (Phi) is 5.96. The van der Waals surface area contributed by atoms with Crippen molar-refractivity contribution in [2.24, 2.45) is 0 Å². The van der Waals surface area contributed by atoms with E-state index in [1.165, 1.54) is 12.8 Å². The molecule has 0 aromatic rings. The molecule has 0 aromatic carbocycles. The summed E-state index contributed by atoms with van der Waals surface area (Å²) < 4.78 is 4.29. The topological polar surface area (TPSA) is 41.6 Å². The number of carbonyl (C=O) groups is 1. The summed E-state index contributed by atoms with van der Waals surface area (Å²) in [6.07, 6.45) is 4.32. The van der Waals surface area contributed by atoms with Crippen LogP contribution in [0.1, 0.15) is 39.5 Å². The fourth-order valence-electron chi connectivity index (χ4n) is 1.83. The molecule has 5 heteroatoms. The van der Waals surface area contributed by atoms with Crippen molar-refractivity contribution >= 4 is 5.97 Å². The first kappa shape index (κ1) is 15.3. The van der Waals surface area contributed by atoms with E-state index < -0.39 is 0 Å². The molecule has 4 nitrogen and oxygen atoms in total. The van der Waals surface area contributed by atoms with E-state index in [4.69, 9.17) is 0 Å². The number of carbonyl (C=O) groups excluding carboxylic acids is 1. The summed E-state index contributed by atoms with van der Waals surface area (Å²) in [5.41, 5.74) is 1.31. The third-order valence-electron chi connectivity index (χ3n) is 3.32. The van der Waals surface area contributed by atoms with Crippen molar-refractivity contribution in [1.29, 1.82) is 0 Å². The maximum atomic E-state index is 11.2. The monoisotopic (exact) mass is 275 g/mol. The van der Waals surface area contributed by atoms with Gasteiger partial charge in [-0.15, -0.1) is 0 Å². The third kappa shape index (κ3) is 5.27. The van der Waals surface area contributed by atoms with Crippen molar-refractivity contribution in [2.75, 3.05) is 19.6 Å². The molecule has 0 bridgehead atoms. The minimum absolute atomic E-state index is 0.202. The van der Waals surface area contributed by atoms with Gasteiger partial charge in [-0.3, -0.25) is 0 Å². The zero-order valence-electron chi connectivity index (χ0n) is 11.3. The second-order valence-corrected chi connectivity index (χ2v) is 5.35. The molecule has 1 saturated carbocycles. The van der Waals surface area contributed by atoms with Gasteiger partial charge in [0.1, 0.15) is 6.54 Å². The van der Waals surface area contributed by atoms with Crippen LogP contribution in [0.25, 0.3) is 0 Å². The normalized spacial score (nSPS) is 16.2. The first-order valence-electron chi connectivity index (χ1n) is 6.51. The highest BCUT2D eigenvalue weighted by molar-refractivity contribution is 5.71. The van der Waals surface area contributed by atoms with Crippen LogP contribution in [0.2, 0.25) is 0 Å². The van der Waals surface area contributed by atoms with Crippen molar-refractivity contribution in [1.82, 2.24) is 10.2 Å². The predicted octanol–water partition coefficient (Wildman–Crippen LogP) is 1.48. The molecule has 0 amide bonds. The lowest BCUT2D eigenvalue weighted by Gasteiger charge is -2.24. The molecule has 0 spiro atoms. The summed E-state index contributed by atoms with van der Waals surface area (Å²) in [7, 11) is 0. The predicted molar refractivity (Wildman–Crippen MR) is 68.7 cm³/mol. The molecule has 0 aromatic heterocycles. The highest BCUT2D eigenvalue weighted by Crippen LogP contribution is 2.34. The molecule has 0 radical (unpaired) electrons. The van der Waals surface area contributed by atoms with Gasteiger partial charge in [0, 0.05) is 24.3 Å². The number of nitrogens with zero attached hydrogens (tertiary/aromatic N) is 1. The number of hydrogen-bond acceptors (Lipinski definition) is 4. The SMILES string of the molecule is C=C(CCNC1(C)CC1)N(CCC)CC(=O)O[ClH+]. The summed E-state index contributed by atoms with van der Waals surface area (Å²) in [6, 6.07) is 0. The Bertz CT molecular complexity index is 303. The Balaban J connectivity index is 2.31. The molecule has 0 heterocycles. The molecular weight excluding hydrogens is 252 g/mol. The Hall–Kier alpha value is -0.740. The molecule has 1 rings (SSSR count). The van der Waals surface area contributed by atoms with Crippen LogP contribution in [-0.4, -0.2) is 36.0 Å². The van der Waals surface area contributed by atoms with Crippen LogP contribution in [0.3, 0.4) is 0 Å². The van der Waals surface area contributed by atoms with E-state index in [0.717, 1.165) is 31.6 Å². The van der Waals surface area contributed by atoms with E-state index in [1.807, 2.05) is 4.90 Å². The lowest BCUT2D eigenvalue weighted by molar-refractivity contribution is -0.657. The van der Waals surface area contributed by atoms with Crippen LogP contribution in [0.4, 0.5) is 0 Å². The van der Waals surface area contributed by atoms with Gasteiger partial charge in [0.15, 0.2) is 0 Å². The number of halogens is 1. The van der Waals surface area contributed by atoms with Crippen molar-refractivity contribution < 1.29 is 20.9 Å². The molecule has 1 fully saturated rings. The maximum absolute atomic E-state index is 11.2. The van der Waals surface area contributed by atoms with Crippen LogP contribution in [-0.2, 0) is 9.08 Å². The van der Waals surface area contributed by atoms with Crippen LogP contribution in [0.15, 0.2) is 12.3 Å². The summed E-state index contributed by atoms with van der Waals surface area (Å²) in [6.45, 7) is 10.3. The van der Waals surface area contributed by atoms with Crippen LogP contribution in [0.5, 0.6) is 0 Å². The summed E-state index contributed by atoms with van der Waals surface area (Å²) in [5.74, 6) is -0.387. The highest BCUT2D eigenvalue weighted by atomic mass is 35.5. The molecule has 1 N–H and O–H groups in total. The Morgan fingerprint density at radius 3 is 2.72 bits per heavy atom. The van der Waals surface area contributed by atoms with Crippen LogP contribution < -0.4 is 5.32 Å². The zero-order chi connectivity index (χ0) is 13.6. The fourth-order valence-corrected chi connectivity index (χ4v) is 1.88. The first-order chi connectivity index (χ1) is 8.50. The molecule has 18 heavy (non-hydrogen) atoms. The van der Waals surface area contributed by atoms with Gasteiger partial charge in [0.05, 0.1) is 0 Å². The van der Waals surface area contributed by atoms with Gasteiger partial charge in [-0.05, 0) is 32.6 Å². The Labute approximate surface area is 114 Å². The lowest BCUT2D eigenvalue weighted by atomic mass is 10.2. The average Bonchev–Trinajstić information content (AvgIpc) is 3.06. The van der Waals surface area contributed by atoms with Crippen molar-refractivity contribution in [3.8, 4) is 0 Å². The van der Waals surface area contributed by atoms with E-state index in [9.17, 15) is 4.79 Å². The first-order valence-corrected chi connectivity index (χ1v) is 6.84. The van der Waals surface area contributed by atoms with E-state index in [1.54, 1.807) is 0 Å². The van der Waals surface area contributed by atoms with Gasteiger partial charge >= 0.3 is 17.8 Å². The Morgan fingerprint density at radius 1 is 1.56 bits per heavy atom. The molecule has 104 valence electrons. The quantitative estimate of drug-likeness (QED) is 0.692. The standard InChI is InChI=1S/C13H24ClN2O2/c1-4-9-16(10-12(17)18-14)11(2)5-8-15-13(3)6-7-13/h14-15H,2,4-10H2,1,3H3/q+1. The second-order valence-electron chi connectivity index (χ2n) is 5.18. The molecule has 0 atom stereocenters. The van der Waals surface area contributed by atoms with E-state index >= 15 is 0 Å². The lowest BCUT2D eigenvalue weighted by Crippen LogP contribution is -2.33. The van der Waals surface area contributed by atoms with E-state index in [-0.39, 0.29) is 12.5 Å². The number of rotatable bonds is 9. The van der Waals surface area contributed by atoms with Gasteiger partial charge in [-0.25, -0.2) is 4.79 Å². The third-order valence-corrected chi connectivity index (χ3v) is 3.50. The number of nitrogens with one attached hydrogen (secondary N) is 1. The Morgan fingerprint density at radius 2 is 2.22 bits per heavy atom. The minimum atomic E-state index is -0.387. The molecular formula is C13H24ClN2O2+. The maximum Gasteiger partial charge on any atom is 0.394 e. The van der Waals surface area contributed by atoms with Crippen molar-refractivity contribution in [2.45, 2.75) is 45.1 Å². The van der Waals surface area contributed by atoms with Gasteiger partial charge in [0.25, 0.3) is 0 Å². The van der Waals surface area contributed by atoms with Gasteiger partial charge in [-0.2, -0.15) is 4.29 Å². The van der Waals surface area contributed by atoms with E-state index in [0.29, 0.717) is 5.54 Å². The zero-order valence-corrected chi connectivity index (χ0v) is 12.1. The second kappa shape index (κ2) is 7.00. The number of hydrogen-bond donors (Lipinski definition) is 1. The highest BCUT2D eigenvalue weighted by Gasteiger charge is 2.36. The van der Waals surface area contributed by atoms with Crippen molar-refractivity contribution in [3.05, 3.63) is 12.3 Å². The van der Waals surface area contributed by atoms with Gasteiger partial charge in [-0.1, -0.05) is 13.5 Å². The smallest absolute Gasteiger partial charge is 0.364 e. The molecule has 0 aliphatic heterocycles. The van der Waals surface area contributed by atoms with Crippen molar-refractivity contribution in [3.63, 3.8) is 0 Å². The van der Waals surface area contributed by atoms with Crippen LogP contribution in [0, 0.1) is 11.9 Å². The van der Waals surface area contributed by atoms with Crippen LogP contribution >= 0.6 is 0 Å². The minimum Gasteiger partial charge on any atom is -0.364 e. The summed E-state index contributed by atoms with van der Waals surface area (Å²) >= 11 is 4.29. The average molecular weight is 276 g/mol. The summed E-state index contributed by atoms with van der Waals surface area (Å²) in [5, 5.41) is 3.50.